The first-order valence-corrected chi connectivity index (χ1v) is 9.90. The van der Waals surface area contributed by atoms with E-state index in [0.717, 1.165) is 17.7 Å². The average Bonchev–Trinajstić information content (AvgIpc) is 2.82. The fourth-order valence-corrected chi connectivity index (χ4v) is 6.52. The highest BCUT2D eigenvalue weighted by Crippen LogP contribution is 2.35. The highest BCUT2D eigenvalue weighted by Gasteiger charge is 2.31. The number of halogens is 2. The van der Waals surface area contributed by atoms with E-state index < -0.39 is 10.0 Å². The third-order valence-electron chi connectivity index (χ3n) is 3.43. The van der Waals surface area contributed by atoms with Gasteiger partial charge in [0.2, 0.25) is 10.0 Å². The van der Waals surface area contributed by atoms with E-state index in [9.17, 15) is 8.42 Å². The van der Waals surface area contributed by atoms with Gasteiger partial charge in [-0.05, 0) is 40.8 Å². The van der Waals surface area contributed by atoms with E-state index in [4.69, 9.17) is 16.3 Å². The first-order valence-electron chi connectivity index (χ1n) is 6.32. The zero-order valence-electron chi connectivity index (χ0n) is 11.1. The van der Waals surface area contributed by atoms with Gasteiger partial charge in [0.05, 0.1) is 9.67 Å². The molecule has 0 aromatic carbocycles. The molecule has 0 atom stereocenters. The molecule has 1 aliphatic rings. The molecule has 0 amide bonds. The van der Waals surface area contributed by atoms with E-state index >= 15 is 0 Å². The summed E-state index contributed by atoms with van der Waals surface area (Å²) >= 11 is 10.5. The van der Waals surface area contributed by atoms with Gasteiger partial charge in [-0.1, -0.05) is 0 Å². The van der Waals surface area contributed by atoms with E-state index in [1.54, 1.807) is 17.5 Å². The number of hydrogen-bond acceptors (Lipinski definition) is 4. The zero-order chi connectivity index (χ0) is 14.8. The van der Waals surface area contributed by atoms with Gasteiger partial charge in [-0.3, -0.25) is 0 Å². The molecule has 0 N–H and O–H groups in total. The third kappa shape index (κ3) is 3.56. The summed E-state index contributed by atoms with van der Waals surface area (Å²) in [6.07, 6.45) is 1.69. The Morgan fingerprint density at radius 2 is 2.15 bits per heavy atom. The summed E-state index contributed by atoms with van der Waals surface area (Å²) in [7, 11) is -1.74. The summed E-state index contributed by atoms with van der Waals surface area (Å²) in [4.78, 5) is 1.19. The molecule has 2 rings (SSSR count). The molecule has 0 spiro atoms. The van der Waals surface area contributed by atoms with Crippen LogP contribution in [0.15, 0.2) is 14.7 Å². The van der Waals surface area contributed by atoms with Crippen molar-refractivity contribution in [3.05, 3.63) is 14.7 Å². The van der Waals surface area contributed by atoms with Crippen LogP contribution in [-0.4, -0.2) is 39.5 Å². The van der Waals surface area contributed by atoms with Crippen molar-refractivity contribution in [2.24, 2.45) is 5.92 Å². The summed E-state index contributed by atoms with van der Waals surface area (Å²) in [6, 6.07) is 1.67. The minimum atomic E-state index is -3.42. The van der Waals surface area contributed by atoms with Crippen LogP contribution in [0.2, 0.25) is 0 Å². The molecule has 4 nitrogen and oxygen atoms in total. The lowest BCUT2D eigenvalue weighted by Crippen LogP contribution is -2.39. The number of hydrogen-bond donors (Lipinski definition) is 0. The lowest BCUT2D eigenvalue weighted by molar-refractivity contribution is 0.121. The Balaban J connectivity index is 2.13. The van der Waals surface area contributed by atoms with Crippen molar-refractivity contribution in [1.29, 1.82) is 0 Å². The van der Waals surface area contributed by atoms with E-state index in [1.165, 1.54) is 11.3 Å². The van der Waals surface area contributed by atoms with Crippen LogP contribution in [0.25, 0.3) is 0 Å². The fraction of sp³-hybridized carbons (Fsp3) is 0.667. The van der Waals surface area contributed by atoms with Crippen molar-refractivity contribution in [3.8, 4) is 0 Å². The predicted molar refractivity (Wildman–Crippen MR) is 84.9 cm³/mol. The molecular weight excluding hydrogens is 386 g/mol. The van der Waals surface area contributed by atoms with Crippen LogP contribution in [0, 0.1) is 5.92 Å². The monoisotopic (exact) mass is 401 g/mol. The molecule has 1 saturated heterocycles. The molecule has 1 aliphatic heterocycles. The summed E-state index contributed by atoms with van der Waals surface area (Å²) in [5, 5.41) is 0. The summed E-state index contributed by atoms with van der Waals surface area (Å²) < 4.78 is 32.6. The standard InChI is InChI=1S/C12H17BrClNO3S2/c1-18-8-9-2-4-15(5-3-9)20(16,17)11-6-10(7-14)19-12(11)13/h6,9H,2-5,7-8H2,1H3. The second-order valence-corrected chi connectivity index (χ2v) is 9.42. The van der Waals surface area contributed by atoms with Crippen LogP contribution in [-0.2, 0) is 20.6 Å². The number of nitrogens with zero attached hydrogens (tertiary/aromatic N) is 1. The molecule has 0 aliphatic carbocycles. The number of sulfonamides is 1. The first kappa shape index (κ1) is 16.7. The SMILES string of the molecule is COCC1CCN(S(=O)(=O)c2cc(CCl)sc2Br)CC1. The van der Waals surface area contributed by atoms with Crippen LogP contribution in [0.4, 0.5) is 0 Å². The Bertz CT molecular complexity index is 553. The second-order valence-electron chi connectivity index (χ2n) is 4.79. The van der Waals surface area contributed by atoms with Crippen molar-refractivity contribution in [2.45, 2.75) is 23.6 Å². The number of piperidine rings is 1. The Hall–Kier alpha value is 0.340. The molecule has 8 heteroatoms. The predicted octanol–water partition coefficient (Wildman–Crippen LogP) is 3.30. The van der Waals surface area contributed by atoms with Gasteiger partial charge in [-0.2, -0.15) is 4.31 Å². The van der Waals surface area contributed by atoms with E-state index in [1.807, 2.05) is 0 Å². The van der Waals surface area contributed by atoms with Crippen molar-refractivity contribution >= 4 is 48.9 Å². The minimum Gasteiger partial charge on any atom is -0.384 e. The molecular formula is C12H17BrClNO3S2. The molecule has 0 saturated carbocycles. The van der Waals surface area contributed by atoms with Gasteiger partial charge in [0.1, 0.15) is 4.90 Å². The van der Waals surface area contributed by atoms with E-state index in [-0.39, 0.29) is 0 Å². The first-order chi connectivity index (χ1) is 9.48. The van der Waals surface area contributed by atoms with Crippen LogP contribution in [0.5, 0.6) is 0 Å². The van der Waals surface area contributed by atoms with Crippen LogP contribution >= 0.6 is 38.9 Å². The van der Waals surface area contributed by atoms with Gasteiger partial charge in [0, 0.05) is 31.7 Å². The molecule has 1 aromatic rings. The van der Waals surface area contributed by atoms with Crippen LogP contribution < -0.4 is 0 Å². The summed E-state index contributed by atoms with van der Waals surface area (Å²) in [5.74, 6) is 0.782. The maximum absolute atomic E-state index is 12.6. The molecule has 0 bridgehead atoms. The van der Waals surface area contributed by atoms with E-state index in [0.29, 0.717) is 40.2 Å². The van der Waals surface area contributed by atoms with Crippen molar-refractivity contribution in [3.63, 3.8) is 0 Å². The lowest BCUT2D eigenvalue weighted by atomic mass is 9.99. The highest BCUT2D eigenvalue weighted by molar-refractivity contribution is 9.11. The Labute approximate surface area is 137 Å². The van der Waals surface area contributed by atoms with Gasteiger partial charge >= 0.3 is 0 Å². The number of rotatable bonds is 5. The average molecular weight is 403 g/mol. The van der Waals surface area contributed by atoms with Crippen LogP contribution in [0.3, 0.4) is 0 Å². The lowest BCUT2D eigenvalue weighted by Gasteiger charge is -2.30. The van der Waals surface area contributed by atoms with Crippen LogP contribution in [0.1, 0.15) is 17.7 Å². The van der Waals surface area contributed by atoms with Gasteiger partial charge in [0.15, 0.2) is 0 Å². The summed E-state index contributed by atoms with van der Waals surface area (Å²) in [6.45, 7) is 1.80. The van der Waals surface area contributed by atoms with Gasteiger partial charge in [0.25, 0.3) is 0 Å². The van der Waals surface area contributed by atoms with Crippen molar-refractivity contribution in [2.75, 3.05) is 26.8 Å². The fourth-order valence-electron chi connectivity index (χ4n) is 2.33. The summed E-state index contributed by atoms with van der Waals surface area (Å²) in [5.41, 5.74) is 0. The van der Waals surface area contributed by atoms with Gasteiger partial charge in [-0.15, -0.1) is 22.9 Å². The molecule has 114 valence electrons. The number of thiophene rings is 1. The molecule has 0 radical (unpaired) electrons. The Morgan fingerprint density at radius 1 is 1.50 bits per heavy atom. The number of methoxy groups -OCH3 is 1. The molecule has 20 heavy (non-hydrogen) atoms. The quantitative estimate of drug-likeness (QED) is 0.710. The van der Waals surface area contributed by atoms with Crippen molar-refractivity contribution < 1.29 is 13.2 Å². The maximum Gasteiger partial charge on any atom is 0.245 e. The molecule has 1 fully saturated rings. The normalized spacial score (nSPS) is 18.6. The molecule has 1 aromatic heterocycles. The Morgan fingerprint density at radius 3 is 2.65 bits per heavy atom. The molecule has 2 heterocycles. The topological polar surface area (TPSA) is 46.6 Å². The van der Waals surface area contributed by atoms with Gasteiger partial charge < -0.3 is 4.74 Å². The van der Waals surface area contributed by atoms with E-state index in [2.05, 4.69) is 15.9 Å². The van der Waals surface area contributed by atoms with Gasteiger partial charge in [-0.25, -0.2) is 8.42 Å². The maximum atomic E-state index is 12.6. The highest BCUT2D eigenvalue weighted by atomic mass is 79.9. The van der Waals surface area contributed by atoms with Crippen molar-refractivity contribution in [1.82, 2.24) is 4.31 Å². The third-order valence-corrected chi connectivity index (χ3v) is 8.03. The smallest absolute Gasteiger partial charge is 0.245 e. The second kappa shape index (κ2) is 7.07. The zero-order valence-corrected chi connectivity index (χ0v) is 15.1. The number of ether oxygens (including phenoxy) is 1. The minimum absolute atomic E-state index is 0.328. The number of alkyl halides is 1. The molecule has 0 unspecified atom stereocenters. The Kier molecular flexibility index (Phi) is 5.90. The largest absolute Gasteiger partial charge is 0.384 e.